The van der Waals surface area contributed by atoms with Crippen LogP contribution in [0.5, 0.6) is 5.75 Å². The molecule has 1 aliphatic heterocycles. The molecule has 1 fully saturated rings. The first-order valence-corrected chi connectivity index (χ1v) is 8.76. The Kier molecular flexibility index (Phi) is 5.06. The van der Waals surface area contributed by atoms with E-state index in [2.05, 4.69) is 0 Å². The summed E-state index contributed by atoms with van der Waals surface area (Å²) >= 11 is 7.16. The molecule has 24 heavy (non-hydrogen) atoms. The lowest BCUT2D eigenvalue weighted by Gasteiger charge is -2.34. The van der Waals surface area contributed by atoms with Crippen LogP contribution in [-0.2, 0) is 0 Å². The van der Waals surface area contributed by atoms with Crippen molar-refractivity contribution in [3.63, 3.8) is 0 Å². The smallest absolute Gasteiger partial charge is 0.264 e. The van der Waals surface area contributed by atoms with Gasteiger partial charge in [0.05, 0.1) is 16.3 Å². The second-order valence-electron chi connectivity index (χ2n) is 5.42. The molecule has 0 unspecified atom stereocenters. The summed E-state index contributed by atoms with van der Waals surface area (Å²) in [4.78, 5) is 29.1. The Morgan fingerprint density at radius 1 is 0.958 bits per heavy atom. The summed E-state index contributed by atoms with van der Waals surface area (Å²) in [5.74, 6) is 0.670. The van der Waals surface area contributed by atoms with E-state index in [0.717, 1.165) is 5.75 Å². The molecule has 2 heterocycles. The minimum Gasteiger partial charge on any atom is -0.497 e. The zero-order chi connectivity index (χ0) is 17.1. The van der Waals surface area contributed by atoms with Crippen LogP contribution in [0.1, 0.15) is 20.0 Å². The highest BCUT2D eigenvalue weighted by molar-refractivity contribution is 7.17. The second-order valence-corrected chi connectivity index (χ2v) is 7.13. The first-order chi connectivity index (χ1) is 11.6. The van der Waals surface area contributed by atoms with Crippen LogP contribution in [0.4, 0.5) is 0 Å². The van der Waals surface area contributed by atoms with Gasteiger partial charge in [-0.1, -0.05) is 11.6 Å². The van der Waals surface area contributed by atoms with Gasteiger partial charge in [-0.2, -0.15) is 0 Å². The standard InChI is InChI=1S/C17H17ClN2O3S/c1-23-13-4-2-12(3-5-13)16(21)19-8-10-20(11-9-19)17(22)14-6-7-15(18)24-14/h2-7H,8-11H2,1H3. The molecule has 3 rings (SSSR count). The fourth-order valence-electron chi connectivity index (χ4n) is 2.61. The number of halogens is 1. The minimum absolute atomic E-state index is 0.0241. The number of thiophene rings is 1. The molecule has 0 aliphatic carbocycles. The van der Waals surface area contributed by atoms with Crippen molar-refractivity contribution in [1.82, 2.24) is 9.80 Å². The zero-order valence-electron chi connectivity index (χ0n) is 13.2. The number of hydrogen-bond donors (Lipinski definition) is 0. The number of hydrogen-bond acceptors (Lipinski definition) is 4. The monoisotopic (exact) mass is 364 g/mol. The van der Waals surface area contributed by atoms with Crippen LogP contribution in [-0.4, -0.2) is 54.9 Å². The van der Waals surface area contributed by atoms with Crippen molar-refractivity contribution in [2.24, 2.45) is 0 Å². The molecule has 0 bridgehead atoms. The summed E-state index contributed by atoms with van der Waals surface area (Å²) in [6.45, 7) is 2.10. The van der Waals surface area contributed by atoms with Crippen molar-refractivity contribution in [3.05, 3.63) is 51.2 Å². The van der Waals surface area contributed by atoms with Gasteiger partial charge < -0.3 is 14.5 Å². The molecule has 1 aliphatic rings. The Labute approximate surface area is 149 Å². The van der Waals surface area contributed by atoms with E-state index < -0.39 is 0 Å². The van der Waals surface area contributed by atoms with E-state index in [1.807, 2.05) is 0 Å². The Balaban J connectivity index is 1.59. The van der Waals surface area contributed by atoms with Crippen molar-refractivity contribution in [2.75, 3.05) is 33.3 Å². The van der Waals surface area contributed by atoms with E-state index in [-0.39, 0.29) is 11.8 Å². The van der Waals surface area contributed by atoms with Gasteiger partial charge in [0.15, 0.2) is 0 Å². The van der Waals surface area contributed by atoms with Gasteiger partial charge in [0.25, 0.3) is 11.8 Å². The molecule has 0 saturated carbocycles. The summed E-state index contributed by atoms with van der Waals surface area (Å²) in [7, 11) is 1.59. The van der Waals surface area contributed by atoms with Crippen LogP contribution in [0.25, 0.3) is 0 Å². The predicted molar refractivity (Wildman–Crippen MR) is 94.1 cm³/mol. The molecule has 126 valence electrons. The van der Waals surface area contributed by atoms with Gasteiger partial charge in [-0.05, 0) is 36.4 Å². The van der Waals surface area contributed by atoms with Gasteiger partial charge >= 0.3 is 0 Å². The largest absolute Gasteiger partial charge is 0.497 e. The Morgan fingerprint density at radius 2 is 1.54 bits per heavy atom. The lowest BCUT2D eigenvalue weighted by atomic mass is 10.1. The van der Waals surface area contributed by atoms with E-state index >= 15 is 0 Å². The van der Waals surface area contributed by atoms with Crippen LogP contribution >= 0.6 is 22.9 Å². The maximum Gasteiger partial charge on any atom is 0.264 e. The van der Waals surface area contributed by atoms with E-state index in [1.165, 1.54) is 11.3 Å². The quantitative estimate of drug-likeness (QED) is 0.841. The number of carbonyl (C=O) groups is 2. The summed E-state index contributed by atoms with van der Waals surface area (Å²) in [6, 6.07) is 10.5. The van der Waals surface area contributed by atoms with Gasteiger partial charge in [0.2, 0.25) is 0 Å². The molecule has 2 amide bonds. The average molecular weight is 365 g/mol. The maximum atomic E-state index is 12.5. The number of amides is 2. The molecular weight excluding hydrogens is 348 g/mol. The first-order valence-electron chi connectivity index (χ1n) is 7.56. The molecule has 1 aromatic heterocycles. The number of benzene rings is 1. The Morgan fingerprint density at radius 3 is 2.04 bits per heavy atom. The van der Waals surface area contributed by atoms with E-state index in [4.69, 9.17) is 16.3 Å². The number of ether oxygens (including phenoxy) is 1. The zero-order valence-corrected chi connectivity index (χ0v) is 14.8. The maximum absolute atomic E-state index is 12.5. The van der Waals surface area contributed by atoms with E-state index in [0.29, 0.717) is 41.0 Å². The molecule has 1 aromatic carbocycles. The summed E-state index contributed by atoms with van der Waals surface area (Å²) in [5.41, 5.74) is 0.626. The van der Waals surface area contributed by atoms with Crippen molar-refractivity contribution in [2.45, 2.75) is 0 Å². The highest BCUT2D eigenvalue weighted by atomic mass is 35.5. The van der Waals surface area contributed by atoms with E-state index in [9.17, 15) is 9.59 Å². The molecule has 0 atom stereocenters. The van der Waals surface area contributed by atoms with Gasteiger partial charge in [0, 0.05) is 31.7 Å². The molecule has 0 N–H and O–H groups in total. The second kappa shape index (κ2) is 7.23. The van der Waals surface area contributed by atoms with Gasteiger partial charge in [-0.3, -0.25) is 9.59 Å². The highest BCUT2D eigenvalue weighted by Gasteiger charge is 2.26. The van der Waals surface area contributed by atoms with Crippen molar-refractivity contribution < 1.29 is 14.3 Å². The van der Waals surface area contributed by atoms with Gasteiger partial charge in [-0.25, -0.2) is 0 Å². The highest BCUT2D eigenvalue weighted by Crippen LogP contribution is 2.23. The third-order valence-corrected chi connectivity index (χ3v) is 5.19. The normalized spacial score (nSPS) is 14.6. The molecular formula is C17H17ClN2O3S. The SMILES string of the molecule is COc1ccc(C(=O)N2CCN(C(=O)c3ccc(Cl)s3)CC2)cc1. The van der Waals surface area contributed by atoms with Crippen molar-refractivity contribution in [1.29, 1.82) is 0 Å². The Hall–Kier alpha value is -2.05. The number of nitrogens with zero attached hydrogens (tertiary/aromatic N) is 2. The molecule has 0 spiro atoms. The average Bonchev–Trinajstić information content (AvgIpc) is 3.07. The van der Waals surface area contributed by atoms with Crippen LogP contribution in [0, 0.1) is 0 Å². The molecule has 5 nitrogen and oxygen atoms in total. The van der Waals surface area contributed by atoms with Crippen molar-refractivity contribution in [3.8, 4) is 5.75 Å². The fraction of sp³-hybridized carbons (Fsp3) is 0.294. The van der Waals surface area contributed by atoms with Crippen LogP contribution in [0.2, 0.25) is 4.34 Å². The summed E-state index contributed by atoms with van der Waals surface area (Å²) in [6.07, 6.45) is 0. The number of methoxy groups -OCH3 is 1. The third kappa shape index (κ3) is 3.55. The number of rotatable bonds is 3. The van der Waals surface area contributed by atoms with Crippen LogP contribution in [0.15, 0.2) is 36.4 Å². The molecule has 2 aromatic rings. The molecule has 7 heteroatoms. The number of piperazine rings is 1. The fourth-order valence-corrected chi connectivity index (χ4v) is 3.62. The van der Waals surface area contributed by atoms with Crippen LogP contribution in [0.3, 0.4) is 0 Å². The van der Waals surface area contributed by atoms with E-state index in [1.54, 1.807) is 53.3 Å². The predicted octanol–water partition coefficient (Wildman–Crippen LogP) is 3.01. The lowest BCUT2D eigenvalue weighted by molar-refractivity contribution is 0.0538. The van der Waals surface area contributed by atoms with Gasteiger partial charge in [-0.15, -0.1) is 11.3 Å². The van der Waals surface area contributed by atoms with Crippen molar-refractivity contribution >= 4 is 34.8 Å². The third-order valence-electron chi connectivity index (χ3n) is 3.98. The summed E-state index contributed by atoms with van der Waals surface area (Å²) < 4.78 is 5.70. The van der Waals surface area contributed by atoms with Gasteiger partial charge in [0.1, 0.15) is 5.75 Å². The molecule has 0 radical (unpaired) electrons. The molecule has 1 saturated heterocycles. The minimum atomic E-state index is -0.0246. The first kappa shape index (κ1) is 16.8. The van der Waals surface area contributed by atoms with Crippen LogP contribution < -0.4 is 4.74 Å². The Bertz CT molecular complexity index is 737. The lowest BCUT2D eigenvalue weighted by Crippen LogP contribution is -2.50. The topological polar surface area (TPSA) is 49.9 Å². The summed E-state index contributed by atoms with van der Waals surface area (Å²) in [5, 5.41) is 0. The number of carbonyl (C=O) groups excluding carboxylic acids is 2.